The number of halogens is 4. The summed E-state index contributed by atoms with van der Waals surface area (Å²) in [4.78, 5) is 47.9. The lowest BCUT2D eigenvalue weighted by Crippen LogP contribution is -2.15. The zero-order chi connectivity index (χ0) is 48.8. The molecule has 15 heteroatoms. The fourth-order valence-electron chi connectivity index (χ4n) is 6.10. The first kappa shape index (κ1) is 52.9. The molecule has 8 rings (SSSR count). The standard InChI is InChI=1S/C12H14BrNO2.C11H10BrNO.C11H12N2O.C10H8BrNO.C7H8BrN/c1-3-16-7-6-12(15)14-10-4-5-11(13)9(2)8-10;2*1-7-5-10-8(6-9(7)12)3-4-11(14)13(10)2;1-6-4-9-7(5-8(6)11)2-3-10(13)12-9;1-5-4-6(9)2-3-7(5)8/h4-8H,3H2,1-2H3,(H,14,15);3-6H,1-2H3;3-6H,12H2,1-2H3;2-5H,1H3,(H,12,13);2-4H,9H2,1H3/b7-6+;;;;. The first-order chi connectivity index (χ1) is 31.2. The van der Waals surface area contributed by atoms with Gasteiger partial charge in [-0.3, -0.25) is 19.2 Å². The molecule has 0 fully saturated rings. The predicted molar refractivity (Wildman–Crippen MR) is 289 cm³/mol. The molecule has 0 saturated carbocycles. The number of anilines is 3. The molecule has 0 aliphatic carbocycles. The number of amides is 1. The van der Waals surface area contributed by atoms with E-state index < -0.39 is 0 Å². The normalized spacial score (nSPS) is 10.5. The third-order valence-electron chi connectivity index (χ3n) is 10.0. The molecule has 0 radical (unpaired) electrons. The smallest absolute Gasteiger partial charge is 0.251 e. The van der Waals surface area contributed by atoms with E-state index in [0.717, 1.165) is 89.9 Å². The summed E-state index contributed by atoms with van der Waals surface area (Å²) in [7, 11) is 3.55. The largest absolute Gasteiger partial charge is 0.501 e. The Balaban J connectivity index is 0.000000182. The minimum absolute atomic E-state index is 0.00155. The number of hydrogen-bond donors (Lipinski definition) is 4. The van der Waals surface area contributed by atoms with Crippen molar-refractivity contribution in [1.82, 2.24) is 14.1 Å². The second-order valence-electron chi connectivity index (χ2n) is 15.1. The van der Waals surface area contributed by atoms with Crippen LogP contribution in [0.5, 0.6) is 0 Å². The number of fused-ring (bicyclic) bond motifs is 3. The lowest BCUT2D eigenvalue weighted by atomic mass is 10.1. The Kier molecular flexibility index (Phi) is 19.8. The van der Waals surface area contributed by atoms with E-state index in [1.807, 2.05) is 126 Å². The minimum atomic E-state index is -0.199. The number of carbonyl (C=O) groups excluding carboxylic acids is 1. The van der Waals surface area contributed by atoms with Gasteiger partial charge in [-0.15, -0.1) is 0 Å². The van der Waals surface area contributed by atoms with Gasteiger partial charge in [0.05, 0.1) is 23.9 Å². The van der Waals surface area contributed by atoms with Crippen molar-refractivity contribution < 1.29 is 9.53 Å². The second-order valence-corrected chi connectivity index (χ2v) is 18.5. The second kappa shape index (κ2) is 24.7. The van der Waals surface area contributed by atoms with Crippen LogP contribution in [0, 0.1) is 34.6 Å². The van der Waals surface area contributed by atoms with Gasteiger partial charge in [-0.2, -0.15) is 0 Å². The number of nitrogens with one attached hydrogen (secondary N) is 2. The van der Waals surface area contributed by atoms with Crippen molar-refractivity contribution >= 4 is 119 Å². The summed E-state index contributed by atoms with van der Waals surface area (Å²) in [5.74, 6) is -0.199. The summed E-state index contributed by atoms with van der Waals surface area (Å²) in [5, 5.41) is 5.85. The molecule has 0 spiro atoms. The van der Waals surface area contributed by atoms with E-state index >= 15 is 0 Å². The van der Waals surface area contributed by atoms with Crippen molar-refractivity contribution in [1.29, 1.82) is 0 Å². The molecule has 11 nitrogen and oxygen atoms in total. The Hall–Kier alpha value is -5.74. The van der Waals surface area contributed by atoms with Gasteiger partial charge in [0.25, 0.3) is 17.0 Å². The number of aromatic amines is 1. The van der Waals surface area contributed by atoms with E-state index in [4.69, 9.17) is 16.2 Å². The van der Waals surface area contributed by atoms with Crippen LogP contribution in [-0.4, -0.2) is 26.6 Å². The van der Waals surface area contributed by atoms with Crippen molar-refractivity contribution in [2.24, 2.45) is 14.1 Å². The average molecular weight is 1150 g/mol. The molecule has 5 aromatic carbocycles. The highest BCUT2D eigenvalue weighted by molar-refractivity contribution is 9.11. The van der Waals surface area contributed by atoms with Crippen LogP contribution in [0.3, 0.4) is 0 Å². The third kappa shape index (κ3) is 15.2. The van der Waals surface area contributed by atoms with Crippen LogP contribution in [0.1, 0.15) is 34.7 Å². The fourth-order valence-corrected chi connectivity index (χ4v) is 7.32. The number of hydrogen-bond acceptors (Lipinski definition) is 7. The quantitative estimate of drug-likeness (QED) is 0.0773. The van der Waals surface area contributed by atoms with E-state index in [9.17, 15) is 19.2 Å². The van der Waals surface area contributed by atoms with E-state index in [0.29, 0.717) is 6.61 Å². The number of pyridine rings is 3. The number of H-pyrrole nitrogens is 1. The van der Waals surface area contributed by atoms with Gasteiger partial charge in [0.2, 0.25) is 5.56 Å². The van der Waals surface area contributed by atoms with Crippen LogP contribution in [0.15, 0.2) is 154 Å². The highest BCUT2D eigenvalue weighted by Gasteiger charge is 2.04. The zero-order valence-corrected chi connectivity index (χ0v) is 44.2. The summed E-state index contributed by atoms with van der Waals surface area (Å²) in [6, 6.07) is 33.4. The van der Waals surface area contributed by atoms with Gasteiger partial charge < -0.3 is 35.6 Å². The number of rotatable bonds is 4. The molecule has 344 valence electrons. The molecule has 0 aliphatic rings. The van der Waals surface area contributed by atoms with Crippen LogP contribution in [0.25, 0.3) is 32.7 Å². The number of nitrogens with two attached hydrogens (primary N) is 2. The van der Waals surface area contributed by atoms with Crippen molar-refractivity contribution in [2.75, 3.05) is 23.4 Å². The molecule has 3 heterocycles. The summed E-state index contributed by atoms with van der Waals surface area (Å²) in [5.41, 5.74) is 21.9. The molecule has 0 aliphatic heterocycles. The Bertz CT molecular complexity index is 3130. The van der Waals surface area contributed by atoms with E-state index in [1.165, 1.54) is 24.0 Å². The van der Waals surface area contributed by atoms with Crippen LogP contribution >= 0.6 is 63.7 Å². The van der Waals surface area contributed by atoms with E-state index in [2.05, 4.69) is 74.0 Å². The highest BCUT2D eigenvalue weighted by Crippen LogP contribution is 2.24. The molecule has 0 unspecified atom stereocenters. The molecule has 8 aromatic rings. The molecular weight excluding hydrogens is 1100 g/mol. The van der Waals surface area contributed by atoms with E-state index in [1.54, 1.807) is 41.4 Å². The van der Waals surface area contributed by atoms with Crippen molar-refractivity contribution in [3.05, 3.63) is 198 Å². The molecule has 6 N–H and O–H groups in total. The van der Waals surface area contributed by atoms with E-state index in [-0.39, 0.29) is 22.6 Å². The first-order valence-electron chi connectivity index (χ1n) is 20.5. The van der Waals surface area contributed by atoms with Gasteiger partial charge in [-0.1, -0.05) is 63.7 Å². The van der Waals surface area contributed by atoms with Gasteiger partial charge in [0.1, 0.15) is 0 Å². The molecule has 1 amide bonds. The summed E-state index contributed by atoms with van der Waals surface area (Å²) in [6.07, 6.45) is 2.75. The van der Waals surface area contributed by atoms with Crippen molar-refractivity contribution in [3.63, 3.8) is 0 Å². The lowest BCUT2D eigenvalue weighted by Gasteiger charge is -2.07. The predicted octanol–water partition coefficient (Wildman–Crippen LogP) is 12.2. The van der Waals surface area contributed by atoms with Gasteiger partial charge in [0.15, 0.2) is 0 Å². The maximum absolute atomic E-state index is 11.4. The Morgan fingerprint density at radius 1 is 0.606 bits per heavy atom. The number of benzene rings is 5. The van der Waals surface area contributed by atoms with Crippen molar-refractivity contribution in [2.45, 2.75) is 41.5 Å². The Labute approximate surface area is 417 Å². The number of aryl methyl sites for hydroxylation is 7. The first-order valence-corrected chi connectivity index (χ1v) is 23.6. The lowest BCUT2D eigenvalue weighted by molar-refractivity contribution is -0.112. The molecule has 0 bridgehead atoms. The SMILES string of the molecule is CCO/C=C/C(=O)Nc1ccc(Br)c(C)c1.Cc1cc(N)ccc1Br.Cc1cc2[nH]c(=O)ccc2cc1Br.Cc1cc2c(ccc(=O)n2C)cc1Br.Cc1cc2c(ccc(=O)n2C)cc1N. The summed E-state index contributed by atoms with van der Waals surface area (Å²) in [6.45, 7) is 12.3. The summed E-state index contributed by atoms with van der Waals surface area (Å²) < 4.78 is 12.5. The Morgan fingerprint density at radius 3 is 1.67 bits per heavy atom. The number of aromatic nitrogens is 3. The van der Waals surface area contributed by atoms with Gasteiger partial charge in [-0.25, -0.2) is 0 Å². The number of nitrogen functional groups attached to an aromatic ring is 2. The van der Waals surface area contributed by atoms with Crippen LogP contribution in [-0.2, 0) is 23.6 Å². The van der Waals surface area contributed by atoms with Crippen molar-refractivity contribution in [3.8, 4) is 0 Å². The average Bonchev–Trinajstić information content (AvgIpc) is 3.27. The summed E-state index contributed by atoms with van der Waals surface area (Å²) >= 11 is 13.7. The third-order valence-corrected chi connectivity index (χ3v) is 13.5. The van der Waals surface area contributed by atoms with Crippen LogP contribution in [0.2, 0.25) is 0 Å². The topological polar surface area (TPSA) is 167 Å². The highest BCUT2D eigenvalue weighted by atomic mass is 79.9. The van der Waals surface area contributed by atoms with Crippen LogP contribution < -0.4 is 33.5 Å². The fraction of sp³-hybridized carbons (Fsp3) is 0.176. The van der Waals surface area contributed by atoms with Gasteiger partial charge in [-0.05, 0) is 171 Å². The molecule has 66 heavy (non-hydrogen) atoms. The minimum Gasteiger partial charge on any atom is -0.501 e. The zero-order valence-electron chi connectivity index (χ0n) is 37.9. The molecule has 0 saturated heterocycles. The maximum Gasteiger partial charge on any atom is 0.251 e. The number of nitrogens with zero attached hydrogens (tertiary/aromatic N) is 2. The van der Waals surface area contributed by atoms with Gasteiger partial charge in [0, 0.05) is 84.2 Å². The molecule has 3 aromatic heterocycles. The number of carbonyl (C=O) groups is 1. The molecule has 0 atom stereocenters. The maximum atomic E-state index is 11.4. The van der Waals surface area contributed by atoms with Crippen LogP contribution in [0.4, 0.5) is 17.1 Å². The molecular formula is C51H52Br4N6O5. The number of ether oxygens (including phenoxy) is 1. The monoisotopic (exact) mass is 1140 g/mol. The Morgan fingerprint density at radius 2 is 1.11 bits per heavy atom. The van der Waals surface area contributed by atoms with Gasteiger partial charge >= 0.3 is 0 Å².